The minimum absolute atomic E-state index is 0.145. The van der Waals surface area contributed by atoms with E-state index >= 15 is 0 Å². The summed E-state index contributed by atoms with van der Waals surface area (Å²) >= 11 is 6.32. The summed E-state index contributed by atoms with van der Waals surface area (Å²) in [7, 11) is 0. The molecule has 3 heteroatoms. The summed E-state index contributed by atoms with van der Waals surface area (Å²) < 4.78 is 0. The molecule has 0 bridgehead atoms. The molecule has 0 nitrogen and oxygen atoms in total. The van der Waals surface area contributed by atoms with Crippen molar-refractivity contribution in [3.63, 3.8) is 0 Å². The van der Waals surface area contributed by atoms with Gasteiger partial charge in [0.15, 0.2) is 0 Å². The molecule has 0 saturated carbocycles. The molecule has 0 amide bonds. The van der Waals surface area contributed by atoms with Gasteiger partial charge in [-0.05, 0) is 23.5 Å². The average molecular weight is 422 g/mol. The Morgan fingerprint density at radius 3 is 2.38 bits per heavy atom. The van der Waals surface area contributed by atoms with Gasteiger partial charge in [-0.15, -0.1) is 0 Å². The molecule has 1 aliphatic rings. The topological polar surface area (TPSA) is 0 Å². The van der Waals surface area contributed by atoms with Gasteiger partial charge in [-0.25, -0.2) is 0 Å². The molecule has 0 unspecified atom stereocenters. The number of allylic oxidation sites excluding steroid dienone is 1. The van der Waals surface area contributed by atoms with E-state index in [0.29, 0.717) is 0 Å². The molecule has 0 atom stereocenters. The van der Waals surface area contributed by atoms with Crippen molar-refractivity contribution < 1.29 is 18.5 Å². The van der Waals surface area contributed by atoms with Gasteiger partial charge in [-0.2, -0.15) is 0 Å². The fourth-order valence-corrected chi connectivity index (χ4v) is 1.83. The van der Waals surface area contributed by atoms with Crippen molar-refractivity contribution >= 4 is 30.5 Å². The molecule has 16 heavy (non-hydrogen) atoms. The standard InChI is InChI=1S/C13H15.2BrH.Zr/c1-10(2)9-12-8-7-11-5-3-4-6-13(11)12;;;/h3-8,10H,9H2,1-2H3;2*1H;/q;;;+2/p-2. The van der Waals surface area contributed by atoms with Crippen LogP contribution in [0.3, 0.4) is 0 Å². The summed E-state index contributed by atoms with van der Waals surface area (Å²) in [6.45, 7) is 4.53. The van der Waals surface area contributed by atoms with Crippen LogP contribution in [0.4, 0.5) is 0 Å². The quantitative estimate of drug-likeness (QED) is 0.601. The predicted octanol–water partition coefficient (Wildman–Crippen LogP) is 5.37. The zero-order valence-corrected chi connectivity index (χ0v) is 15.1. The molecule has 0 heterocycles. The third-order valence-electron chi connectivity index (χ3n) is 2.40. The molecule has 0 spiro atoms. The summed E-state index contributed by atoms with van der Waals surface area (Å²) in [5.74, 6) is 2.23. The Balaban J connectivity index is 0.000000386. The first-order valence-corrected chi connectivity index (χ1v) is 16.5. The molecule has 0 aromatic heterocycles. The Kier molecular flexibility index (Phi) is 7.43. The second-order valence-corrected chi connectivity index (χ2v) is 15.5. The van der Waals surface area contributed by atoms with E-state index in [1.54, 1.807) is 0 Å². The van der Waals surface area contributed by atoms with Crippen LogP contribution < -0.4 is 0 Å². The Bertz CT molecular complexity index is 348. The Morgan fingerprint density at radius 2 is 1.75 bits per heavy atom. The van der Waals surface area contributed by atoms with E-state index in [-0.39, 0.29) is 18.5 Å². The van der Waals surface area contributed by atoms with Crippen molar-refractivity contribution in [1.82, 2.24) is 0 Å². The van der Waals surface area contributed by atoms with Gasteiger partial charge in [0.05, 0.1) is 0 Å². The zero-order valence-electron chi connectivity index (χ0n) is 9.50. The number of benzene rings is 1. The number of hydrogen-bond acceptors (Lipinski definition) is 0. The van der Waals surface area contributed by atoms with Gasteiger partial charge in [0, 0.05) is 5.92 Å². The first kappa shape index (κ1) is 14.9. The van der Waals surface area contributed by atoms with E-state index in [1.165, 1.54) is 23.5 Å². The van der Waals surface area contributed by atoms with Crippen LogP contribution in [0.1, 0.15) is 31.4 Å². The second kappa shape index (κ2) is 8.00. The van der Waals surface area contributed by atoms with Crippen LogP contribution in [0.5, 0.6) is 0 Å². The third-order valence-corrected chi connectivity index (χ3v) is 2.40. The van der Waals surface area contributed by atoms with E-state index in [1.807, 2.05) is 0 Å². The first-order valence-electron chi connectivity index (χ1n) is 5.28. The molecule has 0 N–H and O–H groups in total. The van der Waals surface area contributed by atoms with Gasteiger partial charge in [0.25, 0.3) is 0 Å². The van der Waals surface area contributed by atoms with E-state index in [2.05, 4.69) is 74.7 Å². The molecule has 0 aliphatic heterocycles. The van der Waals surface area contributed by atoms with Crippen LogP contribution in [0.25, 0.3) is 6.08 Å². The van der Waals surface area contributed by atoms with Crippen LogP contribution >= 0.6 is 24.4 Å². The van der Waals surface area contributed by atoms with Gasteiger partial charge >= 0.3 is 43.0 Å². The van der Waals surface area contributed by atoms with Gasteiger partial charge in [-0.1, -0.05) is 50.3 Å². The maximum absolute atomic E-state index is 3.23. The molecular weight excluding hydrogens is 407 g/mol. The summed E-state index contributed by atoms with van der Waals surface area (Å²) in [6, 6.07) is 8.61. The van der Waals surface area contributed by atoms with Gasteiger partial charge in [0.1, 0.15) is 0 Å². The molecule has 0 fully saturated rings. The number of fused-ring (bicyclic) bond motifs is 1. The molecule has 1 radical (unpaired) electrons. The minimum atomic E-state index is -0.145. The molecule has 0 saturated heterocycles. The average Bonchev–Trinajstić information content (AvgIpc) is 2.63. The van der Waals surface area contributed by atoms with Crippen molar-refractivity contribution in [2.75, 3.05) is 0 Å². The van der Waals surface area contributed by atoms with Gasteiger partial charge in [-0.3, -0.25) is 0 Å². The first-order chi connectivity index (χ1) is 7.69. The maximum atomic E-state index is 3.23. The van der Waals surface area contributed by atoms with E-state index in [4.69, 9.17) is 0 Å². The number of halogens is 2. The summed E-state index contributed by atoms with van der Waals surface area (Å²) in [5, 5.41) is 0. The zero-order chi connectivity index (χ0) is 12.0. The normalized spacial score (nSPS) is 13.3. The fraction of sp³-hybridized carbons (Fsp3) is 0.308. The number of rotatable bonds is 2. The number of hydrogen-bond donors (Lipinski definition) is 0. The predicted molar refractivity (Wildman–Crippen MR) is 75.1 cm³/mol. The second-order valence-electron chi connectivity index (χ2n) is 4.12. The van der Waals surface area contributed by atoms with Gasteiger partial charge in [0.2, 0.25) is 0 Å². The van der Waals surface area contributed by atoms with Gasteiger partial charge < -0.3 is 0 Å². The molecular formula is C13H15Br2Zr. The summed E-state index contributed by atoms with van der Waals surface area (Å²) in [4.78, 5) is 0. The van der Waals surface area contributed by atoms with Crippen LogP contribution in [-0.4, -0.2) is 0 Å². The SMILES string of the molecule is CC(C)C[C]1C=Cc2ccccc21.[Br][Zr][Br]. The summed E-state index contributed by atoms with van der Waals surface area (Å²) in [5.41, 5.74) is 2.80. The van der Waals surface area contributed by atoms with Crippen molar-refractivity contribution in [3.8, 4) is 0 Å². The molecule has 1 aromatic rings. The van der Waals surface area contributed by atoms with E-state index in [0.717, 1.165) is 5.92 Å². The van der Waals surface area contributed by atoms with E-state index < -0.39 is 0 Å². The molecule has 85 valence electrons. The summed E-state index contributed by atoms with van der Waals surface area (Å²) in [6.07, 6.45) is 5.66. The molecule has 1 aliphatic carbocycles. The van der Waals surface area contributed by atoms with Crippen molar-refractivity contribution in [3.05, 3.63) is 47.4 Å². The Labute approximate surface area is 121 Å². The van der Waals surface area contributed by atoms with Crippen molar-refractivity contribution in [1.29, 1.82) is 0 Å². The third kappa shape index (κ3) is 4.58. The monoisotopic (exact) mass is 419 g/mol. The fourth-order valence-electron chi connectivity index (χ4n) is 1.83. The molecule has 1 aromatic carbocycles. The van der Waals surface area contributed by atoms with Crippen LogP contribution in [0.15, 0.2) is 30.3 Å². The molecule has 2 rings (SSSR count). The Hall–Kier alpha value is 0.803. The Morgan fingerprint density at radius 1 is 1.12 bits per heavy atom. The van der Waals surface area contributed by atoms with Crippen LogP contribution in [0, 0.1) is 11.8 Å². The van der Waals surface area contributed by atoms with Crippen molar-refractivity contribution in [2.45, 2.75) is 20.3 Å². The van der Waals surface area contributed by atoms with Crippen LogP contribution in [0.2, 0.25) is 0 Å². The van der Waals surface area contributed by atoms with Crippen molar-refractivity contribution in [2.24, 2.45) is 5.92 Å². The van der Waals surface area contributed by atoms with Crippen LogP contribution in [-0.2, 0) is 18.5 Å². The van der Waals surface area contributed by atoms with E-state index in [9.17, 15) is 0 Å².